The minimum Gasteiger partial charge on any atom is -0.497 e. The molecule has 0 saturated heterocycles. The van der Waals surface area contributed by atoms with Gasteiger partial charge in [0.1, 0.15) is 12.3 Å². The highest BCUT2D eigenvalue weighted by molar-refractivity contribution is 7.13. The van der Waals surface area contributed by atoms with E-state index in [0.717, 1.165) is 18.4 Å². The fraction of sp³-hybridized carbons (Fsp3) is 0.333. The Hall–Kier alpha value is -4.30. The number of rotatable bonds is 12. The molecule has 10 nitrogen and oxygen atoms in total. The van der Waals surface area contributed by atoms with Crippen LogP contribution in [-0.4, -0.2) is 63.7 Å². The van der Waals surface area contributed by atoms with Crippen molar-refractivity contribution in [3.8, 4) is 11.8 Å². The minimum atomic E-state index is -0.349. The minimum absolute atomic E-state index is 0.0408. The Morgan fingerprint density at radius 3 is 2.66 bits per heavy atom. The molecule has 4 rings (SSSR count). The standard InChI is InChI=1S/C27H28N6O4S/c1-37-23-9-5-20(6-10-23)26(36)33(22-7-8-22)17-24(34)31-27-30-21(18-38-27)14-25(35)32(13-3-11-28)16-19-4-2-12-29-15-19/h2,4-6,9-10,12,15,18,22H,3,7-8,13-14,16-17H2,1H3,(H,30,31,34). The summed E-state index contributed by atoms with van der Waals surface area (Å²) in [7, 11) is 1.56. The Morgan fingerprint density at radius 1 is 1.21 bits per heavy atom. The number of nitrogens with one attached hydrogen (secondary N) is 1. The third-order valence-electron chi connectivity index (χ3n) is 5.97. The molecule has 3 amide bonds. The molecule has 1 aromatic carbocycles. The number of hydrogen-bond donors (Lipinski definition) is 1. The summed E-state index contributed by atoms with van der Waals surface area (Å²) in [5.74, 6) is -0.0714. The molecule has 2 heterocycles. The van der Waals surface area contributed by atoms with Crippen LogP contribution in [0, 0.1) is 11.3 Å². The molecule has 3 aromatic rings. The number of amides is 3. The van der Waals surface area contributed by atoms with E-state index in [0.29, 0.717) is 35.2 Å². The van der Waals surface area contributed by atoms with Crippen LogP contribution in [0.25, 0.3) is 0 Å². The number of aromatic nitrogens is 2. The smallest absolute Gasteiger partial charge is 0.254 e. The van der Waals surface area contributed by atoms with Crippen LogP contribution in [0.2, 0.25) is 0 Å². The van der Waals surface area contributed by atoms with E-state index in [1.54, 1.807) is 65.0 Å². The van der Waals surface area contributed by atoms with Crippen molar-refractivity contribution in [2.75, 3.05) is 25.5 Å². The largest absolute Gasteiger partial charge is 0.497 e. The van der Waals surface area contributed by atoms with Gasteiger partial charge in [-0.3, -0.25) is 19.4 Å². The van der Waals surface area contributed by atoms with Gasteiger partial charge in [0.25, 0.3) is 5.91 Å². The maximum Gasteiger partial charge on any atom is 0.254 e. The second-order valence-electron chi connectivity index (χ2n) is 8.85. The highest BCUT2D eigenvalue weighted by Crippen LogP contribution is 2.29. The molecule has 38 heavy (non-hydrogen) atoms. The van der Waals surface area contributed by atoms with E-state index in [-0.39, 0.29) is 43.1 Å². The van der Waals surface area contributed by atoms with E-state index < -0.39 is 0 Å². The second-order valence-corrected chi connectivity index (χ2v) is 9.70. The van der Waals surface area contributed by atoms with Gasteiger partial charge < -0.3 is 19.9 Å². The number of benzene rings is 1. The summed E-state index contributed by atoms with van der Waals surface area (Å²) in [6.07, 6.45) is 5.34. The van der Waals surface area contributed by atoms with Crippen LogP contribution >= 0.6 is 11.3 Å². The van der Waals surface area contributed by atoms with Gasteiger partial charge in [-0.05, 0) is 48.7 Å². The van der Waals surface area contributed by atoms with E-state index >= 15 is 0 Å². The predicted molar refractivity (Wildman–Crippen MR) is 141 cm³/mol. The van der Waals surface area contributed by atoms with Crippen molar-refractivity contribution in [3.63, 3.8) is 0 Å². The summed E-state index contributed by atoms with van der Waals surface area (Å²) in [5.41, 5.74) is 1.89. The monoisotopic (exact) mass is 532 g/mol. The highest BCUT2D eigenvalue weighted by atomic mass is 32.1. The van der Waals surface area contributed by atoms with E-state index in [1.165, 1.54) is 11.3 Å². The summed E-state index contributed by atoms with van der Waals surface area (Å²) in [5, 5.41) is 13.8. The van der Waals surface area contributed by atoms with Crippen LogP contribution in [0.1, 0.15) is 40.9 Å². The van der Waals surface area contributed by atoms with Gasteiger partial charge in [-0.15, -0.1) is 11.3 Å². The molecule has 1 N–H and O–H groups in total. The Bertz CT molecular complexity index is 1300. The van der Waals surface area contributed by atoms with Crippen LogP contribution in [0.3, 0.4) is 0 Å². The molecule has 11 heteroatoms. The van der Waals surface area contributed by atoms with Crippen molar-refractivity contribution in [1.29, 1.82) is 5.26 Å². The summed E-state index contributed by atoms with van der Waals surface area (Å²) >= 11 is 1.22. The lowest BCUT2D eigenvalue weighted by atomic mass is 10.2. The number of ether oxygens (including phenoxy) is 1. The van der Waals surface area contributed by atoms with E-state index in [4.69, 9.17) is 10.00 Å². The third kappa shape index (κ3) is 7.36. The number of anilines is 1. The van der Waals surface area contributed by atoms with Gasteiger partial charge in [-0.1, -0.05) is 6.07 Å². The molecule has 0 radical (unpaired) electrons. The molecule has 1 fully saturated rings. The normalized spacial score (nSPS) is 12.3. The quantitative estimate of drug-likeness (QED) is 0.379. The average molecular weight is 533 g/mol. The molecular weight excluding hydrogens is 504 g/mol. The number of thiazole rings is 1. The molecule has 1 aliphatic carbocycles. The first-order chi connectivity index (χ1) is 18.5. The molecule has 0 spiro atoms. The number of pyridine rings is 1. The maximum absolute atomic E-state index is 13.0. The number of nitrogens with zero attached hydrogens (tertiary/aromatic N) is 5. The molecule has 1 saturated carbocycles. The van der Waals surface area contributed by atoms with Crippen LogP contribution in [0.4, 0.5) is 5.13 Å². The highest BCUT2D eigenvalue weighted by Gasteiger charge is 2.34. The zero-order valence-corrected chi connectivity index (χ0v) is 21.8. The topological polar surface area (TPSA) is 129 Å². The molecule has 196 valence electrons. The van der Waals surface area contributed by atoms with Gasteiger partial charge in [0.2, 0.25) is 11.8 Å². The Kier molecular flexibility index (Phi) is 9.00. The van der Waals surface area contributed by atoms with Gasteiger partial charge in [0.05, 0.1) is 31.7 Å². The second kappa shape index (κ2) is 12.8. The zero-order chi connectivity index (χ0) is 26.9. The average Bonchev–Trinajstić information content (AvgIpc) is 3.69. The fourth-order valence-corrected chi connectivity index (χ4v) is 4.59. The Labute approximate surface area is 224 Å². The lowest BCUT2D eigenvalue weighted by molar-refractivity contribution is -0.131. The first kappa shape index (κ1) is 26.8. The zero-order valence-electron chi connectivity index (χ0n) is 21.0. The number of carbonyl (C=O) groups is 3. The van der Waals surface area contributed by atoms with Crippen molar-refractivity contribution in [3.05, 3.63) is 71.0 Å². The first-order valence-electron chi connectivity index (χ1n) is 12.2. The van der Waals surface area contributed by atoms with Gasteiger partial charge in [0.15, 0.2) is 5.13 Å². The van der Waals surface area contributed by atoms with Crippen molar-refractivity contribution < 1.29 is 19.1 Å². The van der Waals surface area contributed by atoms with E-state index in [1.807, 2.05) is 6.07 Å². The lowest BCUT2D eigenvalue weighted by Gasteiger charge is -2.22. The SMILES string of the molecule is COc1ccc(C(=O)N(CC(=O)Nc2nc(CC(=O)N(CCC#N)Cc3cccnc3)cs2)C2CC2)cc1. The molecular formula is C27H28N6O4S. The third-order valence-corrected chi connectivity index (χ3v) is 6.78. The number of carbonyl (C=O) groups excluding carboxylic acids is 3. The molecule has 0 aliphatic heterocycles. The van der Waals surface area contributed by atoms with E-state index in [9.17, 15) is 14.4 Å². The molecule has 0 atom stereocenters. The van der Waals surface area contributed by atoms with Crippen molar-refractivity contribution >= 4 is 34.2 Å². The van der Waals surface area contributed by atoms with Gasteiger partial charge in [-0.25, -0.2) is 4.98 Å². The van der Waals surface area contributed by atoms with Crippen LogP contribution in [0.15, 0.2) is 54.2 Å². The number of methoxy groups -OCH3 is 1. The maximum atomic E-state index is 13.0. The van der Waals surface area contributed by atoms with Gasteiger partial charge >= 0.3 is 0 Å². The molecule has 2 aromatic heterocycles. The van der Waals surface area contributed by atoms with Gasteiger partial charge in [0, 0.05) is 42.5 Å². The van der Waals surface area contributed by atoms with Crippen LogP contribution in [0.5, 0.6) is 5.75 Å². The number of hydrogen-bond acceptors (Lipinski definition) is 8. The summed E-state index contributed by atoms with van der Waals surface area (Å²) < 4.78 is 5.15. The van der Waals surface area contributed by atoms with E-state index in [2.05, 4.69) is 21.4 Å². The first-order valence-corrected chi connectivity index (χ1v) is 13.1. The summed E-state index contributed by atoms with van der Waals surface area (Å²) in [6.45, 7) is 0.564. The molecule has 0 bridgehead atoms. The number of nitriles is 1. The van der Waals surface area contributed by atoms with Crippen LogP contribution < -0.4 is 10.1 Å². The van der Waals surface area contributed by atoms with Gasteiger partial charge in [-0.2, -0.15) is 5.26 Å². The molecule has 1 aliphatic rings. The van der Waals surface area contributed by atoms with Crippen molar-refractivity contribution in [2.45, 2.75) is 38.3 Å². The summed E-state index contributed by atoms with van der Waals surface area (Å²) in [4.78, 5) is 50.4. The fourth-order valence-electron chi connectivity index (χ4n) is 3.87. The van der Waals surface area contributed by atoms with Crippen LogP contribution in [-0.2, 0) is 22.6 Å². The molecule has 0 unspecified atom stereocenters. The Balaban J connectivity index is 1.34. The Morgan fingerprint density at radius 2 is 2.00 bits per heavy atom. The predicted octanol–water partition coefficient (Wildman–Crippen LogP) is 3.27. The summed E-state index contributed by atoms with van der Waals surface area (Å²) in [6, 6.07) is 12.6. The van der Waals surface area contributed by atoms with Crippen molar-refractivity contribution in [2.24, 2.45) is 0 Å². The lowest BCUT2D eigenvalue weighted by Crippen LogP contribution is -2.39. The van der Waals surface area contributed by atoms with Crippen molar-refractivity contribution in [1.82, 2.24) is 19.8 Å².